The smallest absolute Gasteiger partial charge is 0.257 e. The lowest BCUT2D eigenvalue weighted by Gasteiger charge is -2.09. The molecule has 2 aromatic rings. The molecule has 0 radical (unpaired) electrons. The first-order valence-electron chi connectivity index (χ1n) is 6.98. The molecule has 2 rings (SSSR count). The van der Waals surface area contributed by atoms with Gasteiger partial charge in [-0.25, -0.2) is 4.98 Å². The molecule has 1 aromatic heterocycles. The monoisotopic (exact) mass is 287 g/mol. The molecule has 0 saturated heterocycles. The Morgan fingerprint density at radius 3 is 2.86 bits per heavy atom. The Morgan fingerprint density at radius 1 is 1.38 bits per heavy atom. The van der Waals surface area contributed by atoms with Gasteiger partial charge in [-0.2, -0.15) is 0 Å². The molecule has 0 saturated carbocycles. The number of amides is 1. The first-order chi connectivity index (χ1) is 10.0. The first-order valence-corrected chi connectivity index (χ1v) is 6.98. The maximum Gasteiger partial charge on any atom is 0.257 e. The van der Waals surface area contributed by atoms with Gasteiger partial charge in [0, 0.05) is 26.2 Å². The van der Waals surface area contributed by atoms with Gasteiger partial charge >= 0.3 is 0 Å². The van der Waals surface area contributed by atoms with Gasteiger partial charge in [0.1, 0.15) is 5.75 Å². The number of rotatable bonds is 6. The van der Waals surface area contributed by atoms with Crippen molar-refractivity contribution in [2.45, 2.75) is 20.3 Å². The number of carbonyl (C=O) groups is 1. The largest absolute Gasteiger partial charge is 0.484 e. The number of benzene rings is 1. The first kappa shape index (κ1) is 15.1. The van der Waals surface area contributed by atoms with Crippen molar-refractivity contribution >= 4 is 5.91 Å². The predicted molar refractivity (Wildman–Crippen MR) is 81.3 cm³/mol. The molecular weight excluding hydrogens is 266 g/mol. The lowest BCUT2D eigenvalue weighted by atomic mass is 10.1. The van der Waals surface area contributed by atoms with Gasteiger partial charge in [0.25, 0.3) is 5.91 Å². The van der Waals surface area contributed by atoms with Gasteiger partial charge in [-0.05, 0) is 25.5 Å². The number of hydrogen-bond donors (Lipinski definition) is 1. The van der Waals surface area contributed by atoms with Crippen molar-refractivity contribution in [1.29, 1.82) is 0 Å². The zero-order valence-electron chi connectivity index (χ0n) is 12.7. The fourth-order valence-corrected chi connectivity index (χ4v) is 2.08. The van der Waals surface area contributed by atoms with Crippen molar-refractivity contribution in [1.82, 2.24) is 14.9 Å². The van der Waals surface area contributed by atoms with Crippen LogP contribution < -0.4 is 10.1 Å². The second-order valence-electron chi connectivity index (χ2n) is 5.19. The second kappa shape index (κ2) is 6.92. The van der Waals surface area contributed by atoms with Crippen molar-refractivity contribution in [3.8, 4) is 5.75 Å². The molecule has 112 valence electrons. The van der Waals surface area contributed by atoms with Crippen LogP contribution in [-0.2, 0) is 18.3 Å². The molecule has 0 spiro atoms. The zero-order valence-corrected chi connectivity index (χ0v) is 12.7. The summed E-state index contributed by atoms with van der Waals surface area (Å²) in [7, 11) is 1.92. The second-order valence-corrected chi connectivity index (χ2v) is 5.19. The summed E-state index contributed by atoms with van der Waals surface area (Å²) in [5.74, 6) is 0.631. The summed E-state index contributed by atoms with van der Waals surface area (Å²) in [6, 6.07) is 5.90. The van der Waals surface area contributed by atoms with Crippen LogP contribution in [0.25, 0.3) is 0 Å². The van der Waals surface area contributed by atoms with Gasteiger partial charge in [0.2, 0.25) is 0 Å². The van der Waals surface area contributed by atoms with Crippen molar-refractivity contribution in [2.75, 3.05) is 13.2 Å². The van der Waals surface area contributed by atoms with E-state index in [9.17, 15) is 4.79 Å². The number of hydrogen-bond acceptors (Lipinski definition) is 3. The number of aryl methyl sites for hydroxylation is 3. The molecular formula is C16H21N3O2. The van der Waals surface area contributed by atoms with E-state index in [1.54, 1.807) is 6.33 Å². The van der Waals surface area contributed by atoms with Gasteiger partial charge in [-0.1, -0.05) is 17.7 Å². The van der Waals surface area contributed by atoms with E-state index in [1.165, 1.54) is 5.56 Å². The third-order valence-corrected chi connectivity index (χ3v) is 3.15. The number of aromatic nitrogens is 2. The third kappa shape index (κ3) is 4.63. The molecule has 0 fully saturated rings. The fourth-order valence-electron chi connectivity index (χ4n) is 2.08. The van der Waals surface area contributed by atoms with Crippen molar-refractivity contribution in [3.63, 3.8) is 0 Å². The van der Waals surface area contributed by atoms with Crippen LogP contribution in [-0.4, -0.2) is 28.6 Å². The van der Waals surface area contributed by atoms with Crippen molar-refractivity contribution in [3.05, 3.63) is 47.5 Å². The van der Waals surface area contributed by atoms with Crippen LogP contribution in [0.15, 0.2) is 30.7 Å². The van der Waals surface area contributed by atoms with E-state index >= 15 is 0 Å². The Morgan fingerprint density at radius 2 is 2.19 bits per heavy atom. The highest BCUT2D eigenvalue weighted by atomic mass is 16.5. The van der Waals surface area contributed by atoms with Crippen LogP contribution in [0.5, 0.6) is 5.75 Å². The van der Waals surface area contributed by atoms with E-state index in [2.05, 4.69) is 10.3 Å². The average molecular weight is 287 g/mol. The summed E-state index contributed by atoms with van der Waals surface area (Å²) >= 11 is 0. The fraction of sp³-hybridized carbons (Fsp3) is 0.375. The average Bonchev–Trinajstić information content (AvgIpc) is 2.83. The zero-order chi connectivity index (χ0) is 15.2. The minimum atomic E-state index is -0.120. The van der Waals surface area contributed by atoms with Crippen LogP contribution >= 0.6 is 0 Å². The normalized spacial score (nSPS) is 10.4. The number of nitrogens with zero attached hydrogens (tertiary/aromatic N) is 2. The molecule has 1 amide bonds. The summed E-state index contributed by atoms with van der Waals surface area (Å²) in [6.07, 6.45) is 4.41. The maximum absolute atomic E-state index is 11.7. The molecule has 5 heteroatoms. The number of carbonyl (C=O) groups excluding carboxylic acids is 1. The molecule has 1 aromatic carbocycles. The summed E-state index contributed by atoms with van der Waals surface area (Å²) in [5, 5.41) is 2.83. The topological polar surface area (TPSA) is 56.1 Å². The predicted octanol–water partition coefficient (Wildman–Crippen LogP) is 1.77. The summed E-state index contributed by atoms with van der Waals surface area (Å²) in [4.78, 5) is 15.9. The lowest BCUT2D eigenvalue weighted by Crippen LogP contribution is -2.30. The van der Waals surface area contributed by atoms with E-state index in [4.69, 9.17) is 4.74 Å². The molecule has 21 heavy (non-hydrogen) atoms. The lowest BCUT2D eigenvalue weighted by molar-refractivity contribution is -0.123. The van der Waals surface area contributed by atoms with Crippen LogP contribution in [0.3, 0.4) is 0 Å². The highest BCUT2D eigenvalue weighted by molar-refractivity contribution is 5.77. The number of nitrogens with one attached hydrogen (secondary N) is 1. The summed E-state index contributed by atoms with van der Waals surface area (Å²) in [6.45, 7) is 4.60. The minimum Gasteiger partial charge on any atom is -0.484 e. The maximum atomic E-state index is 11.7. The van der Waals surface area contributed by atoms with Crippen LogP contribution in [0.1, 0.15) is 16.8 Å². The molecule has 0 atom stereocenters. The van der Waals surface area contributed by atoms with Gasteiger partial charge < -0.3 is 14.6 Å². The highest BCUT2D eigenvalue weighted by Gasteiger charge is 2.05. The molecule has 0 bridgehead atoms. The van der Waals surface area contributed by atoms with Crippen LogP contribution in [0.4, 0.5) is 0 Å². The van der Waals surface area contributed by atoms with E-state index in [-0.39, 0.29) is 12.5 Å². The van der Waals surface area contributed by atoms with Gasteiger partial charge in [0.15, 0.2) is 6.61 Å². The Hall–Kier alpha value is -2.30. The number of imidazole rings is 1. The van der Waals surface area contributed by atoms with E-state index in [1.807, 2.05) is 49.9 Å². The van der Waals surface area contributed by atoms with E-state index in [0.717, 1.165) is 23.4 Å². The van der Waals surface area contributed by atoms with Gasteiger partial charge in [0.05, 0.1) is 12.0 Å². The molecule has 1 N–H and O–H groups in total. The molecule has 5 nitrogen and oxygen atoms in total. The van der Waals surface area contributed by atoms with E-state index in [0.29, 0.717) is 6.54 Å². The molecule has 0 aliphatic rings. The Kier molecular flexibility index (Phi) is 4.98. The van der Waals surface area contributed by atoms with Crippen molar-refractivity contribution in [2.24, 2.45) is 7.05 Å². The Balaban J connectivity index is 1.72. The molecule has 0 aliphatic carbocycles. The number of ether oxygens (including phenoxy) is 1. The quantitative estimate of drug-likeness (QED) is 0.881. The third-order valence-electron chi connectivity index (χ3n) is 3.15. The van der Waals surface area contributed by atoms with Gasteiger partial charge in [-0.3, -0.25) is 4.79 Å². The van der Waals surface area contributed by atoms with Crippen LogP contribution in [0, 0.1) is 13.8 Å². The van der Waals surface area contributed by atoms with E-state index < -0.39 is 0 Å². The van der Waals surface area contributed by atoms with Crippen LogP contribution in [0.2, 0.25) is 0 Å². The standard InChI is InChI=1S/C16H21N3O2/c1-12-4-5-15(13(2)8-12)21-10-16(20)17-7-6-14-9-19(3)11-18-14/h4-5,8-9,11H,6-7,10H2,1-3H3,(H,17,20). The minimum absolute atomic E-state index is 0.0338. The van der Waals surface area contributed by atoms with Crippen molar-refractivity contribution < 1.29 is 9.53 Å². The Labute approximate surface area is 125 Å². The molecule has 1 heterocycles. The summed E-state index contributed by atoms with van der Waals surface area (Å²) < 4.78 is 7.42. The molecule has 0 aliphatic heterocycles. The SMILES string of the molecule is Cc1ccc(OCC(=O)NCCc2cn(C)cn2)c(C)c1. The summed E-state index contributed by atoms with van der Waals surface area (Å²) in [5.41, 5.74) is 3.18. The van der Waals surface area contributed by atoms with Gasteiger partial charge in [-0.15, -0.1) is 0 Å². The molecule has 0 unspecified atom stereocenters. The Bertz CT molecular complexity index is 620. The highest BCUT2D eigenvalue weighted by Crippen LogP contribution is 2.18.